The standard InChI is InChI=1S/C19H27N5O4/c1-19(2,3)28-18(25)23-10-6-5-7-14(23)12-22(4)17-20-15-9-8-13(24(26)27)11-16(15)21-17/h8-9,11,14H,5-7,10,12H2,1-4H3,(H,20,21). The van der Waals surface area contributed by atoms with Gasteiger partial charge in [-0.2, -0.15) is 0 Å². The fourth-order valence-corrected chi connectivity index (χ4v) is 3.43. The Morgan fingerprint density at radius 3 is 2.86 bits per heavy atom. The van der Waals surface area contributed by atoms with Crippen LogP contribution in [0.5, 0.6) is 0 Å². The maximum Gasteiger partial charge on any atom is 0.410 e. The van der Waals surface area contributed by atoms with E-state index in [2.05, 4.69) is 9.97 Å². The summed E-state index contributed by atoms with van der Waals surface area (Å²) in [5.41, 5.74) is 0.774. The number of benzene rings is 1. The van der Waals surface area contributed by atoms with E-state index in [1.165, 1.54) is 12.1 Å². The van der Waals surface area contributed by atoms with E-state index in [1.54, 1.807) is 11.0 Å². The van der Waals surface area contributed by atoms with Crippen LogP contribution in [-0.4, -0.2) is 57.7 Å². The molecule has 1 unspecified atom stereocenters. The number of hydrogen-bond acceptors (Lipinski definition) is 6. The van der Waals surface area contributed by atoms with Gasteiger partial charge in [-0.15, -0.1) is 0 Å². The van der Waals surface area contributed by atoms with Crippen LogP contribution in [0.1, 0.15) is 40.0 Å². The van der Waals surface area contributed by atoms with E-state index in [-0.39, 0.29) is 17.8 Å². The first-order valence-corrected chi connectivity index (χ1v) is 9.49. The lowest BCUT2D eigenvalue weighted by atomic mass is 10.0. The van der Waals surface area contributed by atoms with E-state index < -0.39 is 10.5 Å². The molecule has 3 rings (SSSR count). The SMILES string of the molecule is CN(CC1CCCCN1C(=O)OC(C)(C)C)c1nc2ccc([N+](=O)[O-])cc2[nH]1. The van der Waals surface area contributed by atoms with Gasteiger partial charge >= 0.3 is 6.09 Å². The summed E-state index contributed by atoms with van der Waals surface area (Å²) in [6.07, 6.45) is 2.64. The third-order valence-electron chi connectivity index (χ3n) is 4.77. The van der Waals surface area contributed by atoms with Crippen molar-refractivity contribution in [2.75, 3.05) is 25.0 Å². The Balaban J connectivity index is 1.74. The third-order valence-corrected chi connectivity index (χ3v) is 4.77. The number of nitro benzene ring substituents is 1. The fraction of sp³-hybridized carbons (Fsp3) is 0.579. The molecule has 0 saturated carbocycles. The number of carbonyl (C=O) groups excluding carboxylic acids is 1. The minimum atomic E-state index is -0.529. The van der Waals surface area contributed by atoms with Crippen LogP contribution in [0.4, 0.5) is 16.4 Å². The van der Waals surface area contributed by atoms with E-state index in [0.717, 1.165) is 19.3 Å². The van der Waals surface area contributed by atoms with E-state index in [0.29, 0.717) is 30.1 Å². The van der Waals surface area contributed by atoms with Crippen molar-refractivity contribution >= 4 is 28.8 Å². The van der Waals surface area contributed by atoms with Crippen LogP contribution in [0.2, 0.25) is 0 Å². The van der Waals surface area contributed by atoms with Gasteiger partial charge in [-0.1, -0.05) is 0 Å². The number of anilines is 1. The Bertz CT molecular complexity index is 873. The van der Waals surface area contributed by atoms with Crippen LogP contribution in [-0.2, 0) is 4.74 Å². The molecule has 0 spiro atoms. The molecule has 1 aromatic carbocycles. The number of imidazole rings is 1. The molecule has 1 amide bonds. The number of H-pyrrole nitrogens is 1. The topological polar surface area (TPSA) is 105 Å². The highest BCUT2D eigenvalue weighted by Gasteiger charge is 2.31. The van der Waals surface area contributed by atoms with Crippen molar-refractivity contribution in [2.45, 2.75) is 51.7 Å². The molecule has 28 heavy (non-hydrogen) atoms. The van der Waals surface area contributed by atoms with Crippen LogP contribution in [0.25, 0.3) is 11.0 Å². The predicted molar refractivity (Wildman–Crippen MR) is 107 cm³/mol. The summed E-state index contributed by atoms with van der Waals surface area (Å²) in [7, 11) is 1.90. The number of aromatic amines is 1. The number of ether oxygens (including phenoxy) is 1. The van der Waals surface area contributed by atoms with E-state index in [4.69, 9.17) is 4.74 Å². The second-order valence-corrected chi connectivity index (χ2v) is 8.22. The number of aromatic nitrogens is 2. The summed E-state index contributed by atoms with van der Waals surface area (Å²) in [6.45, 7) is 6.87. The molecule has 1 aliphatic heterocycles. The highest BCUT2D eigenvalue weighted by molar-refractivity contribution is 5.80. The van der Waals surface area contributed by atoms with Crippen molar-refractivity contribution in [3.05, 3.63) is 28.3 Å². The van der Waals surface area contributed by atoms with Crippen molar-refractivity contribution in [1.82, 2.24) is 14.9 Å². The number of carbonyl (C=O) groups is 1. The summed E-state index contributed by atoms with van der Waals surface area (Å²) in [4.78, 5) is 34.5. The zero-order valence-electron chi connectivity index (χ0n) is 16.8. The van der Waals surface area contributed by atoms with Crippen molar-refractivity contribution in [1.29, 1.82) is 0 Å². The van der Waals surface area contributed by atoms with Crippen molar-refractivity contribution in [3.8, 4) is 0 Å². The molecule has 9 nitrogen and oxygen atoms in total. The number of nitro groups is 1. The number of nitrogens with zero attached hydrogens (tertiary/aromatic N) is 4. The Kier molecular flexibility index (Phi) is 5.44. The minimum absolute atomic E-state index is 0.0220. The Morgan fingerprint density at radius 2 is 2.18 bits per heavy atom. The maximum atomic E-state index is 12.6. The lowest BCUT2D eigenvalue weighted by molar-refractivity contribution is -0.384. The van der Waals surface area contributed by atoms with Gasteiger partial charge in [-0.05, 0) is 46.1 Å². The van der Waals surface area contributed by atoms with Gasteiger partial charge in [-0.3, -0.25) is 10.1 Å². The average Bonchev–Trinajstić information content (AvgIpc) is 3.04. The number of piperidine rings is 1. The molecule has 152 valence electrons. The van der Waals surface area contributed by atoms with Crippen molar-refractivity contribution in [2.24, 2.45) is 0 Å². The largest absolute Gasteiger partial charge is 0.444 e. The van der Waals surface area contributed by atoms with E-state index in [9.17, 15) is 14.9 Å². The van der Waals surface area contributed by atoms with Crippen LogP contribution in [0, 0.1) is 10.1 Å². The molecule has 0 aliphatic carbocycles. The highest BCUT2D eigenvalue weighted by atomic mass is 16.6. The molecule has 1 N–H and O–H groups in total. The van der Waals surface area contributed by atoms with Gasteiger partial charge in [0.05, 0.1) is 22.0 Å². The zero-order valence-corrected chi connectivity index (χ0v) is 16.8. The van der Waals surface area contributed by atoms with Crippen LogP contribution >= 0.6 is 0 Å². The van der Waals surface area contributed by atoms with Crippen LogP contribution in [0.3, 0.4) is 0 Å². The lowest BCUT2D eigenvalue weighted by Crippen LogP contribution is -2.50. The molecule has 0 radical (unpaired) electrons. The zero-order chi connectivity index (χ0) is 20.5. The van der Waals surface area contributed by atoms with E-state index >= 15 is 0 Å². The number of amides is 1. The number of hydrogen-bond donors (Lipinski definition) is 1. The van der Waals surface area contributed by atoms with Gasteiger partial charge in [0.15, 0.2) is 0 Å². The number of rotatable bonds is 4. The van der Waals surface area contributed by atoms with Gasteiger partial charge in [0, 0.05) is 32.3 Å². The molecule has 1 fully saturated rings. The number of nitrogens with one attached hydrogen (secondary N) is 1. The van der Waals surface area contributed by atoms with Gasteiger partial charge in [0.25, 0.3) is 5.69 Å². The Hall–Kier alpha value is -2.84. The quantitative estimate of drug-likeness (QED) is 0.631. The highest BCUT2D eigenvalue weighted by Crippen LogP contribution is 2.24. The number of fused-ring (bicyclic) bond motifs is 1. The van der Waals surface area contributed by atoms with Gasteiger partial charge in [0.1, 0.15) is 5.60 Å². The monoisotopic (exact) mass is 389 g/mol. The van der Waals surface area contributed by atoms with Crippen LogP contribution < -0.4 is 4.90 Å². The molecule has 2 heterocycles. The lowest BCUT2D eigenvalue weighted by Gasteiger charge is -2.38. The molecule has 2 aromatic rings. The fourth-order valence-electron chi connectivity index (χ4n) is 3.43. The van der Waals surface area contributed by atoms with Crippen LogP contribution in [0.15, 0.2) is 18.2 Å². The minimum Gasteiger partial charge on any atom is -0.444 e. The van der Waals surface area contributed by atoms with Crippen molar-refractivity contribution < 1.29 is 14.5 Å². The normalized spacial score (nSPS) is 17.6. The third kappa shape index (κ3) is 4.52. The van der Waals surface area contributed by atoms with Gasteiger partial charge in [-0.25, -0.2) is 9.78 Å². The van der Waals surface area contributed by atoms with E-state index in [1.807, 2.05) is 32.7 Å². The first-order chi connectivity index (χ1) is 13.1. The second kappa shape index (κ2) is 7.65. The Labute approximate surface area is 163 Å². The number of non-ortho nitro benzene ring substituents is 1. The Morgan fingerprint density at radius 1 is 1.43 bits per heavy atom. The summed E-state index contributed by atoms with van der Waals surface area (Å²) in [6, 6.07) is 4.58. The number of likely N-dealkylation sites (tertiary alicyclic amines) is 1. The molecule has 1 aromatic heterocycles. The predicted octanol–water partition coefficient (Wildman–Crippen LogP) is 3.70. The molecule has 0 bridgehead atoms. The molecular formula is C19H27N5O4. The van der Waals surface area contributed by atoms with Gasteiger partial charge in [0.2, 0.25) is 5.95 Å². The number of likely N-dealkylation sites (N-methyl/N-ethyl adjacent to an activating group) is 1. The summed E-state index contributed by atoms with van der Waals surface area (Å²) in [5.74, 6) is 0.616. The summed E-state index contributed by atoms with van der Waals surface area (Å²) in [5, 5.41) is 11.0. The first-order valence-electron chi connectivity index (χ1n) is 9.49. The molecule has 1 aliphatic rings. The summed E-state index contributed by atoms with van der Waals surface area (Å²) < 4.78 is 5.56. The van der Waals surface area contributed by atoms with Crippen molar-refractivity contribution in [3.63, 3.8) is 0 Å². The molecular weight excluding hydrogens is 362 g/mol. The second-order valence-electron chi connectivity index (χ2n) is 8.22. The summed E-state index contributed by atoms with van der Waals surface area (Å²) >= 11 is 0. The smallest absolute Gasteiger partial charge is 0.410 e. The first kappa shape index (κ1) is 19.9. The molecule has 1 atom stereocenters. The molecule has 1 saturated heterocycles. The van der Waals surface area contributed by atoms with Gasteiger partial charge < -0.3 is 19.5 Å². The molecule has 9 heteroatoms. The maximum absolute atomic E-state index is 12.6. The average molecular weight is 389 g/mol.